The predicted octanol–water partition coefficient (Wildman–Crippen LogP) is 1.06. The fourth-order valence-corrected chi connectivity index (χ4v) is 2.04. The van der Waals surface area contributed by atoms with Gasteiger partial charge in [0.15, 0.2) is 11.5 Å². The fourth-order valence-electron chi connectivity index (χ4n) is 1.36. The largest absolute Gasteiger partial charge is 0.482 e. The number of hydrogen-bond acceptors (Lipinski definition) is 4. The van der Waals surface area contributed by atoms with Crippen LogP contribution in [0.15, 0.2) is 11.4 Å². The summed E-state index contributed by atoms with van der Waals surface area (Å²) in [7, 11) is 0. The Kier molecular flexibility index (Phi) is 3.09. The van der Waals surface area contributed by atoms with Crippen LogP contribution in [-0.2, 0) is 4.79 Å². The van der Waals surface area contributed by atoms with Gasteiger partial charge in [-0.1, -0.05) is 0 Å². The molecule has 0 aromatic carbocycles. The van der Waals surface area contributed by atoms with E-state index in [1.807, 2.05) is 0 Å². The molecule has 1 aliphatic rings. The Morgan fingerprint density at radius 3 is 2.81 bits per heavy atom. The Bertz CT molecular complexity index is 411. The van der Waals surface area contributed by atoms with Gasteiger partial charge in [0.25, 0.3) is 5.91 Å². The highest BCUT2D eigenvalue weighted by atomic mass is 32.1. The van der Waals surface area contributed by atoms with Crippen molar-refractivity contribution >= 4 is 23.2 Å². The van der Waals surface area contributed by atoms with Gasteiger partial charge in [0.1, 0.15) is 5.75 Å². The van der Waals surface area contributed by atoms with Crippen LogP contribution < -0.4 is 4.74 Å². The number of nitrogens with zero attached hydrogens (tertiary/aromatic N) is 1. The van der Waals surface area contributed by atoms with Gasteiger partial charge in [-0.25, -0.2) is 4.79 Å². The predicted molar refractivity (Wildman–Crippen MR) is 58.0 cm³/mol. The number of carbonyl (C=O) groups is 2. The number of aromatic carboxylic acids is 1. The number of ether oxygens (including phenoxy) is 1. The lowest BCUT2D eigenvalue weighted by molar-refractivity contribution is -0.136. The summed E-state index contributed by atoms with van der Waals surface area (Å²) in [5, 5.41) is 10.5. The normalized spacial score (nSPS) is 14.4. The molecule has 0 saturated carbocycles. The minimum atomic E-state index is -1.03. The van der Waals surface area contributed by atoms with Gasteiger partial charge in [-0.15, -0.1) is 11.3 Å². The molecule has 0 aliphatic carbocycles. The number of likely N-dealkylation sites (tertiary alicyclic amines) is 1. The van der Waals surface area contributed by atoms with Crippen molar-refractivity contribution in [1.29, 1.82) is 0 Å². The molecule has 0 atom stereocenters. The molecule has 2 rings (SSSR count). The highest BCUT2D eigenvalue weighted by Crippen LogP contribution is 2.24. The average molecular weight is 241 g/mol. The van der Waals surface area contributed by atoms with Crippen LogP contribution in [0.3, 0.4) is 0 Å². The Morgan fingerprint density at radius 2 is 2.25 bits per heavy atom. The monoisotopic (exact) mass is 241 g/mol. The van der Waals surface area contributed by atoms with Crippen LogP contribution in [-0.4, -0.2) is 41.6 Å². The lowest BCUT2D eigenvalue weighted by atomic mass is 10.2. The standard InChI is InChI=1S/C10H11NO4S/c12-8(11-3-1-4-11)6-15-7-2-5-16-9(7)10(13)14/h2,5H,1,3-4,6H2,(H,13,14). The van der Waals surface area contributed by atoms with Crippen LogP contribution in [0.2, 0.25) is 0 Å². The smallest absolute Gasteiger partial charge is 0.349 e. The van der Waals surface area contributed by atoms with E-state index in [-0.39, 0.29) is 23.1 Å². The fraction of sp³-hybridized carbons (Fsp3) is 0.400. The molecule has 0 spiro atoms. The van der Waals surface area contributed by atoms with Crippen LogP contribution >= 0.6 is 11.3 Å². The first-order valence-corrected chi connectivity index (χ1v) is 5.78. The van der Waals surface area contributed by atoms with Gasteiger partial charge in [0, 0.05) is 13.1 Å². The Balaban J connectivity index is 1.91. The molecular formula is C10H11NO4S. The second-order valence-electron chi connectivity index (χ2n) is 3.44. The lowest BCUT2D eigenvalue weighted by Crippen LogP contribution is -2.44. The molecular weight excluding hydrogens is 230 g/mol. The van der Waals surface area contributed by atoms with E-state index in [2.05, 4.69) is 0 Å². The number of carboxylic acids is 1. The summed E-state index contributed by atoms with van der Waals surface area (Å²) in [6.07, 6.45) is 1.03. The molecule has 1 N–H and O–H groups in total. The summed E-state index contributed by atoms with van der Waals surface area (Å²) < 4.78 is 5.20. The van der Waals surface area contributed by atoms with Gasteiger partial charge in [-0.3, -0.25) is 4.79 Å². The summed E-state index contributed by atoms with van der Waals surface area (Å²) in [6, 6.07) is 1.57. The Morgan fingerprint density at radius 1 is 1.50 bits per heavy atom. The number of carboxylic acid groups (broad SMARTS) is 1. The van der Waals surface area contributed by atoms with Crippen molar-refractivity contribution < 1.29 is 19.4 Å². The van der Waals surface area contributed by atoms with E-state index in [1.54, 1.807) is 16.3 Å². The van der Waals surface area contributed by atoms with Crippen molar-refractivity contribution in [3.63, 3.8) is 0 Å². The first-order chi connectivity index (χ1) is 7.68. The van der Waals surface area contributed by atoms with Crippen molar-refractivity contribution in [2.24, 2.45) is 0 Å². The van der Waals surface area contributed by atoms with Crippen LogP contribution in [0, 0.1) is 0 Å². The van der Waals surface area contributed by atoms with Crippen molar-refractivity contribution in [3.8, 4) is 5.75 Å². The van der Waals surface area contributed by atoms with Crippen LogP contribution in [0.5, 0.6) is 5.75 Å². The summed E-state index contributed by atoms with van der Waals surface area (Å²) in [5.74, 6) is -0.846. The maximum absolute atomic E-state index is 11.5. The van der Waals surface area contributed by atoms with E-state index in [1.165, 1.54) is 0 Å². The molecule has 0 radical (unpaired) electrons. The van der Waals surface area contributed by atoms with Gasteiger partial charge in [0.2, 0.25) is 0 Å². The van der Waals surface area contributed by atoms with Gasteiger partial charge in [-0.2, -0.15) is 0 Å². The van der Waals surface area contributed by atoms with E-state index in [0.717, 1.165) is 30.8 Å². The van der Waals surface area contributed by atoms with Crippen LogP contribution in [0.4, 0.5) is 0 Å². The number of hydrogen-bond donors (Lipinski definition) is 1. The maximum atomic E-state index is 11.5. The molecule has 1 aromatic heterocycles. The number of carbonyl (C=O) groups excluding carboxylic acids is 1. The molecule has 2 heterocycles. The molecule has 16 heavy (non-hydrogen) atoms. The minimum Gasteiger partial charge on any atom is -0.482 e. The van der Waals surface area contributed by atoms with Crippen molar-refractivity contribution in [2.45, 2.75) is 6.42 Å². The van der Waals surface area contributed by atoms with Crippen molar-refractivity contribution in [3.05, 3.63) is 16.3 Å². The highest BCUT2D eigenvalue weighted by Gasteiger charge is 2.21. The van der Waals surface area contributed by atoms with E-state index in [4.69, 9.17) is 9.84 Å². The van der Waals surface area contributed by atoms with Crippen LogP contribution in [0.1, 0.15) is 16.1 Å². The number of rotatable bonds is 4. The average Bonchev–Trinajstić information content (AvgIpc) is 2.59. The quantitative estimate of drug-likeness (QED) is 0.855. The highest BCUT2D eigenvalue weighted by molar-refractivity contribution is 7.12. The summed E-state index contributed by atoms with van der Waals surface area (Å²) in [4.78, 5) is 24.0. The van der Waals surface area contributed by atoms with Gasteiger partial charge in [-0.05, 0) is 17.9 Å². The zero-order valence-electron chi connectivity index (χ0n) is 8.51. The van der Waals surface area contributed by atoms with E-state index >= 15 is 0 Å². The number of amides is 1. The molecule has 1 saturated heterocycles. The van der Waals surface area contributed by atoms with E-state index < -0.39 is 5.97 Å². The maximum Gasteiger partial charge on any atom is 0.349 e. The number of thiophene rings is 1. The van der Waals surface area contributed by atoms with Gasteiger partial charge in [0.05, 0.1) is 0 Å². The Hall–Kier alpha value is -1.56. The van der Waals surface area contributed by atoms with Gasteiger partial charge >= 0.3 is 5.97 Å². The summed E-state index contributed by atoms with van der Waals surface area (Å²) >= 11 is 1.09. The third-order valence-electron chi connectivity index (χ3n) is 2.38. The second-order valence-corrected chi connectivity index (χ2v) is 4.36. The van der Waals surface area contributed by atoms with Crippen LogP contribution in [0.25, 0.3) is 0 Å². The first-order valence-electron chi connectivity index (χ1n) is 4.90. The molecule has 1 aromatic rings. The molecule has 0 unspecified atom stereocenters. The minimum absolute atomic E-state index is 0.0863. The van der Waals surface area contributed by atoms with E-state index in [9.17, 15) is 9.59 Å². The van der Waals surface area contributed by atoms with Gasteiger partial charge < -0.3 is 14.7 Å². The molecule has 1 amide bonds. The molecule has 6 heteroatoms. The zero-order chi connectivity index (χ0) is 11.5. The second kappa shape index (κ2) is 4.52. The molecule has 86 valence electrons. The summed E-state index contributed by atoms with van der Waals surface area (Å²) in [5.41, 5.74) is 0. The molecule has 1 fully saturated rings. The SMILES string of the molecule is O=C(O)c1sccc1OCC(=O)N1CCC1. The molecule has 0 bridgehead atoms. The van der Waals surface area contributed by atoms with Crippen molar-refractivity contribution in [1.82, 2.24) is 4.90 Å². The first kappa shape index (κ1) is 10.9. The van der Waals surface area contributed by atoms with Crippen molar-refractivity contribution in [2.75, 3.05) is 19.7 Å². The zero-order valence-corrected chi connectivity index (χ0v) is 9.33. The third-order valence-corrected chi connectivity index (χ3v) is 3.27. The third kappa shape index (κ3) is 2.16. The summed E-state index contributed by atoms with van der Waals surface area (Å²) in [6.45, 7) is 1.46. The lowest BCUT2D eigenvalue weighted by Gasteiger charge is -2.30. The molecule has 5 nitrogen and oxygen atoms in total. The molecule has 1 aliphatic heterocycles. The topological polar surface area (TPSA) is 66.8 Å². The Labute approximate surface area is 96.2 Å². The van der Waals surface area contributed by atoms with E-state index in [0.29, 0.717) is 0 Å².